The van der Waals surface area contributed by atoms with Crippen molar-refractivity contribution in [1.82, 2.24) is 4.98 Å². The van der Waals surface area contributed by atoms with E-state index < -0.39 is 11.8 Å². The smallest absolute Gasteiger partial charge is 0.233 e. The van der Waals surface area contributed by atoms with E-state index in [1.807, 2.05) is 13.8 Å². The van der Waals surface area contributed by atoms with Gasteiger partial charge in [-0.05, 0) is 12.1 Å². The summed E-state index contributed by atoms with van der Waals surface area (Å²) in [6.45, 7) is 4.00. The molecule has 0 spiro atoms. The highest BCUT2D eigenvalue weighted by atomic mass is 16.2. The number of carbonyl (C=O) groups excluding carboxylic acids is 2. The Morgan fingerprint density at radius 1 is 1.47 bits per heavy atom. The van der Waals surface area contributed by atoms with Crippen molar-refractivity contribution in [3.8, 4) is 0 Å². The summed E-state index contributed by atoms with van der Waals surface area (Å²) in [7, 11) is 0. The van der Waals surface area contributed by atoms with Crippen LogP contribution in [0.3, 0.4) is 0 Å². The van der Waals surface area contributed by atoms with Crippen LogP contribution in [0.1, 0.15) is 20.3 Å². The summed E-state index contributed by atoms with van der Waals surface area (Å²) in [5.41, 5.74) is 5.38. The van der Waals surface area contributed by atoms with Crippen molar-refractivity contribution in [3.63, 3.8) is 0 Å². The molecule has 0 fully saturated rings. The third kappa shape index (κ3) is 6.20. The van der Waals surface area contributed by atoms with Crippen LogP contribution in [0.25, 0.3) is 0 Å². The number of nitrogens with zero attached hydrogens (tertiary/aromatic N) is 1. The summed E-state index contributed by atoms with van der Waals surface area (Å²) in [6.07, 6.45) is 2.76. The number of pyridine rings is 1. The molecule has 0 aliphatic rings. The standard InChI is InChI=1S/C8H9N3O2.C2H6/c9-7(12)4-8(13)11-6-2-1-3-10-5-6;1-2/h1-3,5H,4H2,(H2,9,12)(H,11,13);1-2H3. The second-order valence-electron chi connectivity index (χ2n) is 2.43. The van der Waals surface area contributed by atoms with Gasteiger partial charge in [0.25, 0.3) is 0 Å². The minimum atomic E-state index is -0.651. The monoisotopic (exact) mass is 209 g/mol. The molecule has 0 unspecified atom stereocenters. The van der Waals surface area contributed by atoms with Gasteiger partial charge in [0.15, 0.2) is 0 Å². The number of hydrogen-bond donors (Lipinski definition) is 2. The minimum Gasteiger partial charge on any atom is -0.369 e. The summed E-state index contributed by atoms with van der Waals surface area (Å²) >= 11 is 0. The van der Waals surface area contributed by atoms with E-state index in [-0.39, 0.29) is 6.42 Å². The minimum absolute atomic E-state index is 0.311. The Bertz CT molecular complexity index is 312. The average molecular weight is 209 g/mol. The predicted molar refractivity (Wildman–Crippen MR) is 58.0 cm³/mol. The van der Waals surface area contributed by atoms with Gasteiger partial charge in [0, 0.05) is 6.20 Å². The van der Waals surface area contributed by atoms with Gasteiger partial charge in [-0.25, -0.2) is 0 Å². The van der Waals surface area contributed by atoms with Gasteiger partial charge < -0.3 is 11.1 Å². The van der Waals surface area contributed by atoms with E-state index in [0.717, 1.165) is 0 Å². The lowest BCUT2D eigenvalue weighted by Gasteiger charge is -2.01. The van der Waals surface area contributed by atoms with Gasteiger partial charge in [-0.1, -0.05) is 13.8 Å². The molecule has 15 heavy (non-hydrogen) atoms. The molecular weight excluding hydrogens is 194 g/mol. The molecule has 0 saturated carbocycles. The van der Waals surface area contributed by atoms with Crippen LogP contribution in [0, 0.1) is 0 Å². The van der Waals surface area contributed by atoms with Crippen molar-refractivity contribution in [2.24, 2.45) is 5.73 Å². The second-order valence-corrected chi connectivity index (χ2v) is 2.43. The number of nitrogens with two attached hydrogens (primary N) is 1. The Balaban J connectivity index is 0.000000921. The Hall–Kier alpha value is -1.91. The van der Waals surface area contributed by atoms with Crippen molar-refractivity contribution in [2.75, 3.05) is 5.32 Å². The lowest BCUT2D eigenvalue weighted by molar-refractivity contribution is -0.124. The molecule has 0 aromatic carbocycles. The molecular formula is C10H15N3O2. The summed E-state index contributed by atoms with van der Waals surface area (Å²) in [4.78, 5) is 25.1. The van der Waals surface area contributed by atoms with Gasteiger partial charge in [-0.15, -0.1) is 0 Å². The van der Waals surface area contributed by atoms with E-state index in [2.05, 4.69) is 10.3 Å². The highest BCUT2D eigenvalue weighted by Gasteiger charge is 2.05. The van der Waals surface area contributed by atoms with Crippen molar-refractivity contribution in [3.05, 3.63) is 24.5 Å². The van der Waals surface area contributed by atoms with Crippen LogP contribution in [-0.2, 0) is 9.59 Å². The lowest BCUT2D eigenvalue weighted by atomic mass is 10.3. The van der Waals surface area contributed by atoms with E-state index in [1.54, 1.807) is 18.3 Å². The van der Waals surface area contributed by atoms with Crippen LogP contribution < -0.4 is 11.1 Å². The fraction of sp³-hybridized carbons (Fsp3) is 0.300. The van der Waals surface area contributed by atoms with Crippen molar-refractivity contribution >= 4 is 17.5 Å². The fourth-order valence-electron chi connectivity index (χ4n) is 0.800. The summed E-state index contributed by atoms with van der Waals surface area (Å²) in [5, 5.41) is 2.47. The normalized spacial score (nSPS) is 8.40. The number of amides is 2. The van der Waals surface area contributed by atoms with Gasteiger partial charge >= 0.3 is 0 Å². The average Bonchev–Trinajstić information content (AvgIpc) is 2.21. The van der Waals surface area contributed by atoms with Gasteiger partial charge in [-0.3, -0.25) is 14.6 Å². The van der Waals surface area contributed by atoms with Crippen LogP contribution in [0.5, 0.6) is 0 Å². The Kier molecular flexibility index (Phi) is 6.54. The number of carbonyl (C=O) groups is 2. The molecule has 0 saturated heterocycles. The highest BCUT2D eigenvalue weighted by molar-refractivity contribution is 6.02. The molecule has 1 heterocycles. The van der Waals surface area contributed by atoms with Crippen LogP contribution in [-0.4, -0.2) is 16.8 Å². The maximum Gasteiger partial charge on any atom is 0.233 e. The summed E-state index contributed by atoms with van der Waals surface area (Å²) in [5.74, 6) is -1.08. The quantitative estimate of drug-likeness (QED) is 0.726. The Labute approximate surface area is 88.7 Å². The number of hydrogen-bond acceptors (Lipinski definition) is 3. The van der Waals surface area contributed by atoms with E-state index in [1.165, 1.54) is 6.20 Å². The Morgan fingerprint density at radius 2 is 2.13 bits per heavy atom. The maximum absolute atomic E-state index is 11.0. The molecule has 2 amide bonds. The molecule has 0 aliphatic carbocycles. The molecule has 1 rings (SSSR count). The first-order chi connectivity index (χ1) is 7.18. The van der Waals surface area contributed by atoms with Gasteiger partial charge in [0.1, 0.15) is 6.42 Å². The van der Waals surface area contributed by atoms with Gasteiger partial charge in [-0.2, -0.15) is 0 Å². The van der Waals surface area contributed by atoms with Crippen LogP contribution in [0.15, 0.2) is 24.5 Å². The number of anilines is 1. The zero-order valence-corrected chi connectivity index (χ0v) is 8.86. The molecule has 1 aromatic heterocycles. The molecule has 82 valence electrons. The van der Waals surface area contributed by atoms with E-state index in [9.17, 15) is 9.59 Å². The molecule has 3 N–H and O–H groups in total. The molecule has 0 aliphatic heterocycles. The largest absolute Gasteiger partial charge is 0.369 e. The number of aromatic nitrogens is 1. The first kappa shape index (κ1) is 13.1. The number of nitrogens with one attached hydrogen (secondary N) is 1. The van der Waals surface area contributed by atoms with Gasteiger partial charge in [0.2, 0.25) is 11.8 Å². The van der Waals surface area contributed by atoms with Gasteiger partial charge in [0.05, 0.1) is 11.9 Å². The first-order valence-electron chi connectivity index (χ1n) is 4.66. The van der Waals surface area contributed by atoms with Crippen molar-refractivity contribution in [2.45, 2.75) is 20.3 Å². The third-order valence-corrected chi connectivity index (χ3v) is 1.28. The third-order valence-electron chi connectivity index (χ3n) is 1.28. The van der Waals surface area contributed by atoms with Crippen LogP contribution >= 0.6 is 0 Å². The van der Waals surface area contributed by atoms with Crippen LogP contribution in [0.2, 0.25) is 0 Å². The molecule has 0 bridgehead atoms. The molecule has 0 radical (unpaired) electrons. The number of rotatable bonds is 3. The molecule has 5 heteroatoms. The number of primary amides is 1. The van der Waals surface area contributed by atoms with E-state index >= 15 is 0 Å². The maximum atomic E-state index is 11.0. The SMILES string of the molecule is CC.NC(=O)CC(=O)Nc1cccnc1. The Morgan fingerprint density at radius 3 is 2.60 bits per heavy atom. The van der Waals surface area contributed by atoms with Crippen LogP contribution in [0.4, 0.5) is 5.69 Å². The van der Waals surface area contributed by atoms with Crippen molar-refractivity contribution < 1.29 is 9.59 Å². The highest BCUT2D eigenvalue weighted by Crippen LogP contribution is 2.02. The second kappa shape index (κ2) is 7.49. The molecule has 5 nitrogen and oxygen atoms in total. The zero-order valence-electron chi connectivity index (χ0n) is 8.86. The summed E-state index contributed by atoms with van der Waals surface area (Å²) in [6, 6.07) is 3.35. The molecule has 1 aromatic rings. The predicted octanol–water partition coefficient (Wildman–Crippen LogP) is 0.922. The summed E-state index contributed by atoms with van der Waals surface area (Å²) < 4.78 is 0. The van der Waals surface area contributed by atoms with Crippen molar-refractivity contribution in [1.29, 1.82) is 0 Å². The van der Waals surface area contributed by atoms with E-state index in [0.29, 0.717) is 5.69 Å². The first-order valence-corrected chi connectivity index (χ1v) is 4.66. The van der Waals surface area contributed by atoms with E-state index in [4.69, 9.17) is 5.73 Å². The lowest BCUT2D eigenvalue weighted by Crippen LogP contribution is -2.21. The topological polar surface area (TPSA) is 85.1 Å². The fourth-order valence-corrected chi connectivity index (χ4v) is 0.800. The zero-order chi connectivity index (χ0) is 11.7. The molecule has 0 atom stereocenters.